The van der Waals surface area contributed by atoms with Gasteiger partial charge in [0.05, 0.1) is 6.04 Å². The maximum atomic E-state index is 5.51. The second-order valence-corrected chi connectivity index (χ2v) is 4.76. The lowest BCUT2D eigenvalue weighted by molar-refractivity contribution is 0.0610. The van der Waals surface area contributed by atoms with E-state index < -0.39 is 0 Å². The molecule has 1 aliphatic heterocycles. The average Bonchev–Trinajstić information content (AvgIpc) is 3.11. The minimum atomic E-state index is 0.503. The lowest BCUT2D eigenvalue weighted by atomic mass is 10.00. The van der Waals surface area contributed by atoms with Crippen LogP contribution in [-0.2, 0) is 4.74 Å². The molecule has 0 bridgehead atoms. The molecule has 0 aromatic rings. The molecule has 0 amide bonds. The van der Waals surface area contributed by atoms with Crippen LogP contribution < -0.4 is 11.3 Å². The van der Waals surface area contributed by atoms with Crippen LogP contribution in [0.15, 0.2) is 4.99 Å². The summed E-state index contributed by atoms with van der Waals surface area (Å²) in [4.78, 5) is 6.68. The largest absolute Gasteiger partial charge is 0.381 e. The molecule has 92 valence electrons. The van der Waals surface area contributed by atoms with E-state index in [2.05, 4.69) is 22.4 Å². The van der Waals surface area contributed by atoms with Crippen molar-refractivity contribution in [3.05, 3.63) is 0 Å². The van der Waals surface area contributed by atoms with Gasteiger partial charge < -0.3 is 9.64 Å². The number of hydrogen-bond donors (Lipinski definition) is 2. The molecule has 5 nitrogen and oxygen atoms in total. The van der Waals surface area contributed by atoms with Crippen LogP contribution in [0.4, 0.5) is 0 Å². The van der Waals surface area contributed by atoms with Gasteiger partial charge in [-0.05, 0) is 31.6 Å². The number of nitrogens with one attached hydrogen (secondary N) is 1. The van der Waals surface area contributed by atoms with Crippen LogP contribution in [0.25, 0.3) is 0 Å². The highest BCUT2D eigenvalue weighted by Gasteiger charge is 2.23. The molecule has 0 atom stereocenters. The van der Waals surface area contributed by atoms with E-state index in [0.29, 0.717) is 12.0 Å². The third-order valence-electron chi connectivity index (χ3n) is 3.22. The van der Waals surface area contributed by atoms with Crippen LogP contribution in [0.3, 0.4) is 0 Å². The minimum Gasteiger partial charge on any atom is -0.381 e. The van der Waals surface area contributed by atoms with Crippen LogP contribution in [0.1, 0.15) is 25.7 Å². The van der Waals surface area contributed by atoms with E-state index in [1.165, 1.54) is 12.8 Å². The van der Waals surface area contributed by atoms with Gasteiger partial charge in [0.1, 0.15) is 0 Å². The predicted molar refractivity (Wildman–Crippen MR) is 64.0 cm³/mol. The second-order valence-electron chi connectivity index (χ2n) is 4.76. The quantitative estimate of drug-likeness (QED) is 0.315. The summed E-state index contributed by atoms with van der Waals surface area (Å²) in [5, 5.41) is 0. The topological polar surface area (TPSA) is 62.9 Å². The van der Waals surface area contributed by atoms with Crippen molar-refractivity contribution in [1.82, 2.24) is 10.3 Å². The van der Waals surface area contributed by atoms with Gasteiger partial charge >= 0.3 is 0 Å². The van der Waals surface area contributed by atoms with Crippen molar-refractivity contribution < 1.29 is 4.74 Å². The van der Waals surface area contributed by atoms with E-state index in [1.807, 2.05) is 0 Å². The fourth-order valence-corrected chi connectivity index (χ4v) is 2.03. The molecule has 16 heavy (non-hydrogen) atoms. The zero-order chi connectivity index (χ0) is 11.4. The van der Waals surface area contributed by atoms with Gasteiger partial charge in [0.2, 0.25) is 5.96 Å². The number of hydrogen-bond acceptors (Lipinski definition) is 3. The van der Waals surface area contributed by atoms with Gasteiger partial charge in [-0.3, -0.25) is 5.43 Å². The SMILES string of the molecule is CN(CC1CCOCC1)C(=NC1CC1)NN. The van der Waals surface area contributed by atoms with E-state index in [1.54, 1.807) is 0 Å². The summed E-state index contributed by atoms with van der Waals surface area (Å²) in [7, 11) is 2.05. The second kappa shape index (κ2) is 5.50. The van der Waals surface area contributed by atoms with Crippen LogP contribution in [-0.4, -0.2) is 43.7 Å². The third kappa shape index (κ3) is 3.35. The van der Waals surface area contributed by atoms with Gasteiger partial charge in [-0.25, -0.2) is 10.8 Å². The van der Waals surface area contributed by atoms with Crippen LogP contribution >= 0.6 is 0 Å². The molecule has 1 heterocycles. The van der Waals surface area contributed by atoms with Crippen LogP contribution in [0.5, 0.6) is 0 Å². The Balaban J connectivity index is 1.81. The Bertz CT molecular complexity index is 246. The zero-order valence-electron chi connectivity index (χ0n) is 9.98. The van der Waals surface area contributed by atoms with Gasteiger partial charge in [-0.2, -0.15) is 0 Å². The number of guanidine groups is 1. The molecule has 0 radical (unpaired) electrons. The first-order valence-corrected chi connectivity index (χ1v) is 6.13. The Morgan fingerprint density at radius 3 is 2.62 bits per heavy atom. The molecule has 0 aromatic carbocycles. The maximum absolute atomic E-state index is 5.51. The van der Waals surface area contributed by atoms with E-state index in [9.17, 15) is 0 Å². The molecule has 0 unspecified atom stereocenters. The minimum absolute atomic E-state index is 0.503. The summed E-state index contributed by atoms with van der Waals surface area (Å²) in [6.45, 7) is 2.80. The number of aliphatic imine (C=N–C) groups is 1. The molecule has 5 heteroatoms. The van der Waals surface area contributed by atoms with Crippen molar-refractivity contribution in [3.63, 3.8) is 0 Å². The average molecular weight is 226 g/mol. The molecular weight excluding hydrogens is 204 g/mol. The highest BCUT2D eigenvalue weighted by Crippen LogP contribution is 2.24. The van der Waals surface area contributed by atoms with Crippen molar-refractivity contribution in [3.8, 4) is 0 Å². The molecule has 0 spiro atoms. The Kier molecular flexibility index (Phi) is 4.01. The third-order valence-corrected chi connectivity index (χ3v) is 3.22. The fraction of sp³-hybridized carbons (Fsp3) is 0.909. The smallest absolute Gasteiger partial charge is 0.208 e. The molecular formula is C11H22N4O. The number of ether oxygens (including phenoxy) is 1. The summed E-state index contributed by atoms with van der Waals surface area (Å²) in [6, 6.07) is 0.503. The molecule has 1 saturated heterocycles. The number of hydrazine groups is 1. The first kappa shape index (κ1) is 11.7. The van der Waals surface area contributed by atoms with Crippen molar-refractivity contribution in [2.24, 2.45) is 16.8 Å². The normalized spacial score (nSPS) is 23.2. The number of rotatable bonds is 3. The summed E-state index contributed by atoms with van der Waals surface area (Å²) in [6.07, 6.45) is 4.70. The summed E-state index contributed by atoms with van der Waals surface area (Å²) in [5.41, 5.74) is 2.71. The highest BCUT2D eigenvalue weighted by molar-refractivity contribution is 5.79. The highest BCUT2D eigenvalue weighted by atomic mass is 16.5. The lowest BCUT2D eigenvalue weighted by Crippen LogP contribution is -2.45. The predicted octanol–water partition coefficient (Wildman–Crippen LogP) is 0.327. The molecule has 3 N–H and O–H groups in total. The van der Waals surface area contributed by atoms with Crippen molar-refractivity contribution in [2.45, 2.75) is 31.7 Å². The van der Waals surface area contributed by atoms with Gasteiger partial charge in [0.15, 0.2) is 0 Å². The molecule has 0 aromatic heterocycles. The van der Waals surface area contributed by atoms with E-state index in [-0.39, 0.29) is 0 Å². The van der Waals surface area contributed by atoms with Gasteiger partial charge in [0, 0.05) is 26.8 Å². The molecule has 1 aliphatic carbocycles. The van der Waals surface area contributed by atoms with Crippen molar-refractivity contribution >= 4 is 5.96 Å². The molecule has 2 fully saturated rings. The molecule has 2 aliphatic rings. The van der Waals surface area contributed by atoms with Gasteiger partial charge in [-0.15, -0.1) is 0 Å². The van der Waals surface area contributed by atoms with Gasteiger partial charge in [0.25, 0.3) is 0 Å². The Hall–Kier alpha value is -0.810. The Morgan fingerprint density at radius 2 is 2.06 bits per heavy atom. The van der Waals surface area contributed by atoms with E-state index >= 15 is 0 Å². The van der Waals surface area contributed by atoms with Crippen molar-refractivity contribution in [1.29, 1.82) is 0 Å². The monoisotopic (exact) mass is 226 g/mol. The summed E-state index contributed by atoms with van der Waals surface area (Å²) >= 11 is 0. The Labute approximate surface area is 97.0 Å². The molecule has 2 rings (SSSR count). The first-order chi connectivity index (χ1) is 7.79. The van der Waals surface area contributed by atoms with E-state index in [4.69, 9.17) is 10.6 Å². The fourth-order valence-electron chi connectivity index (χ4n) is 2.03. The maximum Gasteiger partial charge on any atom is 0.208 e. The summed E-state index contributed by atoms with van der Waals surface area (Å²) in [5.74, 6) is 7.04. The number of nitrogens with zero attached hydrogens (tertiary/aromatic N) is 2. The molecule has 1 saturated carbocycles. The van der Waals surface area contributed by atoms with Crippen LogP contribution in [0.2, 0.25) is 0 Å². The number of nitrogens with two attached hydrogens (primary N) is 1. The standard InChI is InChI=1S/C11H22N4O/c1-15(8-9-4-6-16-7-5-9)11(14-12)13-10-2-3-10/h9-10H,2-8,12H2,1H3,(H,13,14). The summed E-state index contributed by atoms with van der Waals surface area (Å²) < 4.78 is 5.35. The van der Waals surface area contributed by atoms with Crippen LogP contribution in [0, 0.1) is 5.92 Å². The van der Waals surface area contributed by atoms with E-state index in [0.717, 1.165) is 38.6 Å². The lowest BCUT2D eigenvalue weighted by Gasteiger charge is -2.28. The van der Waals surface area contributed by atoms with Crippen molar-refractivity contribution in [2.75, 3.05) is 26.8 Å². The van der Waals surface area contributed by atoms with Gasteiger partial charge in [-0.1, -0.05) is 0 Å². The first-order valence-electron chi connectivity index (χ1n) is 6.13. The Morgan fingerprint density at radius 1 is 1.38 bits per heavy atom. The zero-order valence-corrected chi connectivity index (χ0v) is 9.98.